The minimum absolute atomic E-state index is 0.284. The van der Waals surface area contributed by atoms with Crippen molar-refractivity contribution in [2.45, 2.75) is 12.5 Å². The lowest BCUT2D eigenvalue weighted by Gasteiger charge is -2.12. The van der Waals surface area contributed by atoms with E-state index in [1.54, 1.807) is 18.2 Å². The second kappa shape index (κ2) is 6.08. The Kier molecular flexibility index (Phi) is 4.44. The van der Waals surface area contributed by atoms with Gasteiger partial charge < -0.3 is 10.5 Å². The number of rotatable bonds is 4. The predicted octanol–water partition coefficient (Wildman–Crippen LogP) is 2.63. The van der Waals surface area contributed by atoms with Crippen molar-refractivity contribution >= 4 is 15.9 Å². The highest BCUT2D eigenvalue weighted by Crippen LogP contribution is 2.23. The zero-order valence-electron chi connectivity index (χ0n) is 10.3. The molecule has 2 N–H and O–H groups in total. The SMILES string of the molecule is COc1ccc(C(N)Cc2ccc(F)cc2Br)nn1. The van der Waals surface area contributed by atoms with E-state index in [0.717, 1.165) is 5.56 Å². The van der Waals surface area contributed by atoms with Gasteiger partial charge >= 0.3 is 0 Å². The molecule has 0 fully saturated rings. The number of ether oxygens (including phenoxy) is 1. The fraction of sp³-hybridized carbons (Fsp3) is 0.231. The lowest BCUT2D eigenvalue weighted by Crippen LogP contribution is -2.16. The molecule has 1 unspecified atom stereocenters. The van der Waals surface area contributed by atoms with E-state index in [0.29, 0.717) is 22.5 Å². The van der Waals surface area contributed by atoms with Crippen molar-refractivity contribution in [3.8, 4) is 5.88 Å². The van der Waals surface area contributed by atoms with E-state index in [9.17, 15) is 4.39 Å². The van der Waals surface area contributed by atoms with Crippen LogP contribution in [0.25, 0.3) is 0 Å². The fourth-order valence-corrected chi connectivity index (χ4v) is 2.18. The van der Waals surface area contributed by atoms with Crippen LogP contribution in [-0.2, 0) is 6.42 Å². The van der Waals surface area contributed by atoms with Gasteiger partial charge in [-0.25, -0.2) is 4.39 Å². The molecule has 0 radical (unpaired) electrons. The van der Waals surface area contributed by atoms with Crippen LogP contribution in [0.5, 0.6) is 5.88 Å². The summed E-state index contributed by atoms with van der Waals surface area (Å²) >= 11 is 3.32. The largest absolute Gasteiger partial charge is 0.480 e. The maximum Gasteiger partial charge on any atom is 0.233 e. The van der Waals surface area contributed by atoms with Crippen LogP contribution in [0.4, 0.5) is 4.39 Å². The summed E-state index contributed by atoms with van der Waals surface area (Å²) in [6.07, 6.45) is 0.544. The van der Waals surface area contributed by atoms with Gasteiger partial charge in [0.15, 0.2) is 0 Å². The predicted molar refractivity (Wildman–Crippen MR) is 73.3 cm³/mol. The molecule has 19 heavy (non-hydrogen) atoms. The number of halogens is 2. The van der Waals surface area contributed by atoms with E-state index in [1.807, 2.05) is 0 Å². The number of aromatic nitrogens is 2. The summed E-state index contributed by atoms with van der Waals surface area (Å²) in [6.45, 7) is 0. The molecule has 4 nitrogen and oxygen atoms in total. The van der Waals surface area contributed by atoms with Crippen molar-refractivity contribution in [3.63, 3.8) is 0 Å². The van der Waals surface area contributed by atoms with Crippen LogP contribution in [0, 0.1) is 5.82 Å². The first-order valence-corrected chi connectivity index (χ1v) is 6.46. The molecule has 2 aromatic rings. The van der Waals surface area contributed by atoms with Gasteiger partial charge in [-0.2, -0.15) is 5.10 Å². The summed E-state index contributed by atoms with van der Waals surface area (Å²) in [5.41, 5.74) is 7.65. The average Bonchev–Trinajstić information content (AvgIpc) is 2.42. The van der Waals surface area contributed by atoms with E-state index in [-0.39, 0.29) is 11.9 Å². The third-order valence-electron chi connectivity index (χ3n) is 2.70. The quantitative estimate of drug-likeness (QED) is 0.938. The first-order chi connectivity index (χ1) is 9.10. The molecule has 0 aliphatic rings. The number of hydrogen-bond acceptors (Lipinski definition) is 4. The van der Waals surface area contributed by atoms with E-state index < -0.39 is 0 Å². The Morgan fingerprint density at radius 1 is 1.32 bits per heavy atom. The van der Waals surface area contributed by atoms with Gasteiger partial charge in [0.1, 0.15) is 5.82 Å². The maximum atomic E-state index is 13.0. The van der Waals surface area contributed by atoms with Gasteiger partial charge in [-0.05, 0) is 30.2 Å². The lowest BCUT2D eigenvalue weighted by atomic mass is 10.0. The van der Waals surface area contributed by atoms with Crippen LogP contribution in [0.2, 0.25) is 0 Å². The summed E-state index contributed by atoms with van der Waals surface area (Å²) in [4.78, 5) is 0. The fourth-order valence-electron chi connectivity index (χ4n) is 1.67. The summed E-state index contributed by atoms with van der Waals surface area (Å²) in [7, 11) is 1.53. The molecule has 1 aromatic carbocycles. The number of nitrogens with two attached hydrogens (primary N) is 1. The molecule has 0 saturated carbocycles. The molecule has 0 bridgehead atoms. The summed E-state index contributed by atoms with van der Waals surface area (Å²) in [5.74, 6) is 0.160. The van der Waals surface area contributed by atoms with Crippen molar-refractivity contribution in [2.24, 2.45) is 5.73 Å². The molecule has 1 atom stereocenters. The second-order valence-corrected chi connectivity index (χ2v) is 4.90. The minimum atomic E-state index is -0.305. The highest BCUT2D eigenvalue weighted by molar-refractivity contribution is 9.10. The summed E-state index contributed by atoms with van der Waals surface area (Å²) in [5, 5.41) is 7.88. The van der Waals surface area contributed by atoms with Crippen molar-refractivity contribution in [1.29, 1.82) is 0 Å². The molecular formula is C13H13BrFN3O. The van der Waals surface area contributed by atoms with E-state index in [4.69, 9.17) is 10.5 Å². The van der Waals surface area contributed by atoms with Gasteiger partial charge in [0.05, 0.1) is 18.8 Å². The van der Waals surface area contributed by atoms with Gasteiger partial charge in [0.2, 0.25) is 5.88 Å². The van der Waals surface area contributed by atoms with Crippen LogP contribution in [0.15, 0.2) is 34.8 Å². The number of benzene rings is 1. The third kappa shape index (κ3) is 3.48. The van der Waals surface area contributed by atoms with Gasteiger partial charge in [-0.3, -0.25) is 0 Å². The second-order valence-electron chi connectivity index (χ2n) is 4.05. The third-order valence-corrected chi connectivity index (χ3v) is 3.44. The summed E-state index contributed by atoms with van der Waals surface area (Å²) < 4.78 is 18.6. The highest BCUT2D eigenvalue weighted by Gasteiger charge is 2.12. The Bertz CT molecular complexity index is 562. The Morgan fingerprint density at radius 3 is 2.68 bits per heavy atom. The van der Waals surface area contributed by atoms with Gasteiger partial charge in [0, 0.05) is 10.5 Å². The topological polar surface area (TPSA) is 61.0 Å². The lowest BCUT2D eigenvalue weighted by molar-refractivity contribution is 0.390. The molecule has 100 valence electrons. The van der Waals surface area contributed by atoms with Gasteiger partial charge in [0.25, 0.3) is 0 Å². The smallest absolute Gasteiger partial charge is 0.233 e. The Balaban J connectivity index is 2.13. The molecule has 0 saturated heterocycles. The van der Waals surface area contributed by atoms with E-state index in [2.05, 4.69) is 26.1 Å². The molecule has 0 aliphatic heterocycles. The van der Waals surface area contributed by atoms with Crippen LogP contribution >= 0.6 is 15.9 Å². The first-order valence-electron chi connectivity index (χ1n) is 5.67. The average molecular weight is 326 g/mol. The van der Waals surface area contributed by atoms with Crippen molar-refractivity contribution in [2.75, 3.05) is 7.11 Å². The standard InChI is InChI=1S/C13H13BrFN3O/c1-19-13-5-4-12(17-18-13)11(16)6-8-2-3-9(15)7-10(8)14/h2-5,7,11H,6,16H2,1H3. The first kappa shape index (κ1) is 13.9. The molecule has 2 rings (SSSR count). The Labute approximate surface area is 118 Å². The molecule has 6 heteroatoms. The molecule has 0 aliphatic carbocycles. The van der Waals surface area contributed by atoms with Gasteiger partial charge in [-0.15, -0.1) is 5.10 Å². The molecule has 0 spiro atoms. The molecule has 1 heterocycles. The van der Waals surface area contributed by atoms with Crippen LogP contribution in [-0.4, -0.2) is 17.3 Å². The zero-order chi connectivity index (χ0) is 13.8. The zero-order valence-corrected chi connectivity index (χ0v) is 11.9. The number of methoxy groups -OCH3 is 1. The molecule has 1 aromatic heterocycles. The van der Waals surface area contributed by atoms with E-state index in [1.165, 1.54) is 19.2 Å². The normalized spacial score (nSPS) is 12.2. The maximum absolute atomic E-state index is 13.0. The molecular weight excluding hydrogens is 313 g/mol. The van der Waals surface area contributed by atoms with Crippen molar-refractivity contribution in [3.05, 3.63) is 51.9 Å². The van der Waals surface area contributed by atoms with E-state index >= 15 is 0 Å². The molecule has 0 amide bonds. The Hall–Kier alpha value is -1.53. The number of nitrogens with zero attached hydrogens (tertiary/aromatic N) is 2. The highest BCUT2D eigenvalue weighted by atomic mass is 79.9. The van der Waals surface area contributed by atoms with Crippen LogP contribution < -0.4 is 10.5 Å². The Morgan fingerprint density at radius 2 is 2.11 bits per heavy atom. The summed E-state index contributed by atoms with van der Waals surface area (Å²) in [6, 6.07) is 7.71. The van der Waals surface area contributed by atoms with Crippen molar-refractivity contribution in [1.82, 2.24) is 10.2 Å². The van der Waals surface area contributed by atoms with Crippen molar-refractivity contribution < 1.29 is 9.13 Å². The van der Waals surface area contributed by atoms with Gasteiger partial charge in [-0.1, -0.05) is 22.0 Å². The van der Waals surface area contributed by atoms with Crippen LogP contribution in [0.1, 0.15) is 17.3 Å². The van der Waals surface area contributed by atoms with Crippen LogP contribution in [0.3, 0.4) is 0 Å². The monoisotopic (exact) mass is 325 g/mol. The minimum Gasteiger partial charge on any atom is -0.480 e. The number of hydrogen-bond donors (Lipinski definition) is 1.